The molecule has 4 nitrogen and oxygen atoms in total. The van der Waals surface area contributed by atoms with Crippen LogP contribution >= 0.6 is 23.1 Å². The lowest BCUT2D eigenvalue weighted by Gasteiger charge is -2.11. The molecule has 4 heterocycles. The number of hydrogen-bond donors (Lipinski definition) is 0. The topological polar surface area (TPSA) is 43.1 Å². The van der Waals surface area contributed by atoms with Crippen LogP contribution in [0.5, 0.6) is 0 Å². The molecule has 5 rings (SSSR count). The molecule has 23 heavy (non-hydrogen) atoms. The van der Waals surface area contributed by atoms with Crippen LogP contribution < -0.4 is 0 Å². The van der Waals surface area contributed by atoms with Crippen molar-refractivity contribution in [1.82, 2.24) is 19.4 Å². The molecule has 114 valence electrons. The summed E-state index contributed by atoms with van der Waals surface area (Å²) in [6.45, 7) is 0. The van der Waals surface area contributed by atoms with Gasteiger partial charge in [-0.05, 0) is 55.1 Å². The summed E-state index contributed by atoms with van der Waals surface area (Å²) in [6, 6.07) is 6.13. The Morgan fingerprint density at radius 1 is 1.09 bits per heavy atom. The second-order valence-corrected chi connectivity index (χ2v) is 7.75. The molecule has 0 aliphatic heterocycles. The van der Waals surface area contributed by atoms with E-state index in [0.717, 1.165) is 27.0 Å². The maximum atomic E-state index is 4.57. The highest BCUT2D eigenvalue weighted by molar-refractivity contribution is 7.99. The van der Waals surface area contributed by atoms with Crippen LogP contribution in [-0.2, 0) is 12.8 Å². The number of aromatic nitrogens is 4. The van der Waals surface area contributed by atoms with Gasteiger partial charge in [-0.25, -0.2) is 15.0 Å². The van der Waals surface area contributed by atoms with Crippen molar-refractivity contribution in [1.29, 1.82) is 0 Å². The van der Waals surface area contributed by atoms with Crippen molar-refractivity contribution in [2.75, 3.05) is 0 Å². The number of fused-ring (bicyclic) bond motifs is 4. The van der Waals surface area contributed by atoms with E-state index in [-0.39, 0.29) is 0 Å². The molecule has 4 aromatic rings. The summed E-state index contributed by atoms with van der Waals surface area (Å²) in [4.78, 5) is 16.3. The molecule has 6 heteroatoms. The van der Waals surface area contributed by atoms with Crippen molar-refractivity contribution < 1.29 is 0 Å². The molecule has 0 amide bonds. The normalized spacial score (nSPS) is 14.4. The summed E-state index contributed by atoms with van der Waals surface area (Å²) in [6.07, 6.45) is 10.5. The highest BCUT2D eigenvalue weighted by Crippen LogP contribution is 2.40. The van der Waals surface area contributed by atoms with Crippen LogP contribution in [0, 0.1) is 0 Å². The lowest BCUT2D eigenvalue weighted by Crippen LogP contribution is -1.99. The molecule has 0 aromatic carbocycles. The van der Waals surface area contributed by atoms with Crippen LogP contribution in [0.25, 0.3) is 15.7 Å². The molecule has 0 bridgehead atoms. The Morgan fingerprint density at radius 2 is 2.04 bits per heavy atom. The predicted octanol–water partition coefficient (Wildman–Crippen LogP) is 4.37. The number of aryl methyl sites for hydroxylation is 2. The second-order valence-electron chi connectivity index (χ2n) is 5.71. The van der Waals surface area contributed by atoms with Crippen LogP contribution in [0.1, 0.15) is 23.3 Å². The number of imidazole rings is 1. The average molecular weight is 338 g/mol. The van der Waals surface area contributed by atoms with Crippen LogP contribution in [0.4, 0.5) is 0 Å². The highest BCUT2D eigenvalue weighted by atomic mass is 32.2. The molecule has 0 radical (unpaired) electrons. The Balaban J connectivity index is 1.67. The third-order valence-corrected chi connectivity index (χ3v) is 6.50. The monoisotopic (exact) mass is 338 g/mol. The number of pyridine rings is 1. The Hall–Kier alpha value is -1.92. The SMILES string of the molecule is c1ccn2c(Sc3ncnc4sc5c(c34)CCCC5)ncc2c1. The van der Waals surface area contributed by atoms with Gasteiger partial charge in [0.1, 0.15) is 16.2 Å². The van der Waals surface area contributed by atoms with Gasteiger partial charge in [0.05, 0.1) is 11.7 Å². The van der Waals surface area contributed by atoms with Gasteiger partial charge >= 0.3 is 0 Å². The minimum absolute atomic E-state index is 0.955. The first kappa shape index (κ1) is 13.5. The van der Waals surface area contributed by atoms with Gasteiger partial charge in [0.25, 0.3) is 0 Å². The van der Waals surface area contributed by atoms with E-state index in [4.69, 9.17) is 0 Å². The van der Waals surface area contributed by atoms with Gasteiger partial charge < -0.3 is 0 Å². The Labute approximate surface area is 141 Å². The first-order valence-electron chi connectivity index (χ1n) is 7.75. The zero-order valence-electron chi connectivity index (χ0n) is 12.4. The molecular weight excluding hydrogens is 324 g/mol. The fourth-order valence-electron chi connectivity index (χ4n) is 3.22. The maximum absolute atomic E-state index is 4.57. The molecule has 0 unspecified atom stereocenters. The van der Waals surface area contributed by atoms with Crippen molar-refractivity contribution in [2.45, 2.75) is 35.9 Å². The summed E-state index contributed by atoms with van der Waals surface area (Å²) in [5.41, 5.74) is 2.58. The van der Waals surface area contributed by atoms with Crippen LogP contribution in [0.2, 0.25) is 0 Å². The van der Waals surface area contributed by atoms with Crippen molar-refractivity contribution in [3.05, 3.63) is 47.4 Å². The second kappa shape index (κ2) is 5.32. The fourth-order valence-corrected chi connectivity index (χ4v) is 5.48. The van der Waals surface area contributed by atoms with Crippen LogP contribution in [0.15, 0.2) is 47.1 Å². The minimum atomic E-state index is 0.955. The number of hydrogen-bond acceptors (Lipinski definition) is 5. The number of nitrogens with zero attached hydrogens (tertiary/aromatic N) is 4. The molecule has 1 aliphatic rings. The third-order valence-electron chi connectivity index (χ3n) is 4.31. The van der Waals surface area contributed by atoms with Crippen molar-refractivity contribution in [2.24, 2.45) is 0 Å². The van der Waals surface area contributed by atoms with Gasteiger partial charge in [-0.15, -0.1) is 11.3 Å². The van der Waals surface area contributed by atoms with Crippen LogP contribution in [0.3, 0.4) is 0 Å². The van der Waals surface area contributed by atoms with E-state index in [2.05, 4.69) is 25.4 Å². The fraction of sp³-hybridized carbons (Fsp3) is 0.235. The smallest absolute Gasteiger partial charge is 0.179 e. The Bertz CT molecular complexity index is 1020. The van der Waals surface area contributed by atoms with Crippen molar-refractivity contribution >= 4 is 38.8 Å². The van der Waals surface area contributed by atoms with E-state index in [9.17, 15) is 0 Å². The van der Waals surface area contributed by atoms with Gasteiger partial charge in [0, 0.05) is 16.5 Å². The van der Waals surface area contributed by atoms with E-state index in [1.54, 1.807) is 18.1 Å². The summed E-state index contributed by atoms with van der Waals surface area (Å²) in [7, 11) is 0. The standard InChI is InChI=1S/C17H14N4S2/c1-2-7-13-12(6-1)14-15(22-13)19-10-20-16(14)23-17-18-9-11-5-3-4-8-21(11)17/h3-5,8-10H,1-2,6-7H2. The Kier molecular flexibility index (Phi) is 3.12. The van der Waals surface area contributed by atoms with Crippen molar-refractivity contribution in [3.8, 4) is 0 Å². The molecule has 0 saturated carbocycles. The van der Waals surface area contributed by atoms with Gasteiger partial charge in [-0.2, -0.15) is 0 Å². The maximum Gasteiger partial charge on any atom is 0.179 e. The molecule has 0 spiro atoms. The first-order valence-corrected chi connectivity index (χ1v) is 9.38. The van der Waals surface area contributed by atoms with E-state index < -0.39 is 0 Å². The molecule has 1 aliphatic carbocycles. The molecule has 0 atom stereocenters. The lowest BCUT2D eigenvalue weighted by molar-refractivity contribution is 0.699. The predicted molar refractivity (Wildman–Crippen MR) is 93.4 cm³/mol. The first-order chi connectivity index (χ1) is 11.4. The largest absolute Gasteiger partial charge is 0.295 e. The zero-order valence-corrected chi connectivity index (χ0v) is 14.0. The van der Waals surface area contributed by atoms with Gasteiger partial charge in [-0.3, -0.25) is 4.40 Å². The molecule has 4 aromatic heterocycles. The third kappa shape index (κ3) is 2.16. The van der Waals surface area contributed by atoms with E-state index in [0.29, 0.717) is 0 Å². The van der Waals surface area contributed by atoms with Gasteiger partial charge in [0.2, 0.25) is 0 Å². The summed E-state index contributed by atoms with van der Waals surface area (Å²) in [5.74, 6) is 0. The van der Waals surface area contributed by atoms with Crippen molar-refractivity contribution in [3.63, 3.8) is 0 Å². The van der Waals surface area contributed by atoms with E-state index >= 15 is 0 Å². The van der Waals surface area contributed by atoms with Gasteiger partial charge in [0.15, 0.2) is 5.16 Å². The molecule has 0 N–H and O–H groups in total. The highest BCUT2D eigenvalue weighted by Gasteiger charge is 2.21. The summed E-state index contributed by atoms with van der Waals surface area (Å²) in [5, 5.41) is 3.24. The summed E-state index contributed by atoms with van der Waals surface area (Å²) < 4.78 is 2.11. The minimum Gasteiger partial charge on any atom is -0.295 e. The average Bonchev–Trinajstić information content (AvgIpc) is 3.17. The molecule has 0 saturated heterocycles. The molecular formula is C17H14N4S2. The molecule has 0 fully saturated rings. The summed E-state index contributed by atoms with van der Waals surface area (Å²) >= 11 is 3.48. The van der Waals surface area contributed by atoms with Crippen LogP contribution in [-0.4, -0.2) is 19.4 Å². The number of rotatable bonds is 2. The van der Waals surface area contributed by atoms with E-state index in [1.165, 1.54) is 35.1 Å². The zero-order chi connectivity index (χ0) is 15.2. The van der Waals surface area contributed by atoms with Gasteiger partial charge in [-0.1, -0.05) is 6.07 Å². The Morgan fingerprint density at radius 3 is 3.04 bits per heavy atom. The lowest BCUT2D eigenvalue weighted by atomic mass is 9.97. The van der Waals surface area contributed by atoms with E-state index in [1.807, 2.05) is 35.9 Å². The number of thiophene rings is 1. The quantitative estimate of drug-likeness (QED) is 0.509.